The van der Waals surface area contributed by atoms with Gasteiger partial charge in [0.25, 0.3) is 0 Å². The van der Waals surface area contributed by atoms with Gasteiger partial charge in [0.15, 0.2) is 0 Å². The zero-order valence-corrected chi connectivity index (χ0v) is 9.35. The van der Waals surface area contributed by atoms with Crippen LogP contribution in [0.15, 0.2) is 46.5 Å². The van der Waals surface area contributed by atoms with Gasteiger partial charge in [-0.05, 0) is 24.3 Å². The molecule has 0 saturated carbocycles. The van der Waals surface area contributed by atoms with Gasteiger partial charge in [-0.15, -0.1) is 0 Å². The van der Waals surface area contributed by atoms with E-state index in [1.165, 1.54) is 0 Å². The molecule has 0 saturated heterocycles. The molecule has 2 aliphatic rings. The second-order valence-corrected chi connectivity index (χ2v) is 4.12. The third kappa shape index (κ3) is 1.63. The number of benzene rings is 1. The molecule has 0 aliphatic carbocycles. The minimum absolute atomic E-state index is 0.743. The quantitative estimate of drug-likeness (QED) is 0.729. The summed E-state index contributed by atoms with van der Waals surface area (Å²) < 4.78 is 0. The number of hydrazone groups is 1. The van der Waals surface area contributed by atoms with Crippen LogP contribution in [0.25, 0.3) is 0 Å². The molecule has 0 bridgehead atoms. The van der Waals surface area contributed by atoms with Crippen LogP contribution in [0, 0.1) is 0 Å². The van der Waals surface area contributed by atoms with Gasteiger partial charge in [0, 0.05) is 10.6 Å². The molecule has 2 aliphatic heterocycles. The maximum atomic E-state index is 5.85. The van der Waals surface area contributed by atoms with Gasteiger partial charge in [0.05, 0.1) is 18.8 Å². The van der Waals surface area contributed by atoms with E-state index in [0.29, 0.717) is 0 Å². The Balaban J connectivity index is 1.94. The van der Waals surface area contributed by atoms with E-state index < -0.39 is 0 Å². The van der Waals surface area contributed by atoms with Gasteiger partial charge < -0.3 is 0 Å². The van der Waals surface area contributed by atoms with Crippen LogP contribution in [-0.4, -0.2) is 29.6 Å². The number of rotatable bonds is 1. The average molecular weight is 232 g/mol. The molecule has 0 unspecified atom stereocenters. The highest BCUT2D eigenvalue weighted by Crippen LogP contribution is 2.15. The number of allylic oxidation sites excluding steroid dienone is 1. The fraction of sp³-hybridized carbons (Fsp3) is 0.167. The molecule has 0 spiro atoms. The zero-order chi connectivity index (χ0) is 11.0. The maximum Gasteiger partial charge on any atom is 0.144 e. The molecular formula is C12H10ClN3. The van der Waals surface area contributed by atoms with Crippen molar-refractivity contribution in [2.45, 2.75) is 0 Å². The Morgan fingerprint density at radius 2 is 1.94 bits per heavy atom. The summed E-state index contributed by atoms with van der Waals surface area (Å²) in [7, 11) is 0. The Labute approximate surface area is 98.7 Å². The molecule has 0 radical (unpaired) electrons. The van der Waals surface area contributed by atoms with Gasteiger partial charge in [0.1, 0.15) is 5.84 Å². The van der Waals surface area contributed by atoms with Crippen molar-refractivity contribution < 1.29 is 0 Å². The first-order valence-corrected chi connectivity index (χ1v) is 5.55. The molecule has 3 nitrogen and oxygen atoms in total. The van der Waals surface area contributed by atoms with E-state index in [9.17, 15) is 0 Å². The highest BCUT2D eigenvalue weighted by Gasteiger charge is 2.18. The van der Waals surface area contributed by atoms with E-state index >= 15 is 0 Å². The Kier molecular flexibility index (Phi) is 2.26. The topological polar surface area (TPSA) is 28.0 Å². The summed E-state index contributed by atoms with van der Waals surface area (Å²) in [5.41, 5.74) is 2.03. The van der Waals surface area contributed by atoms with Gasteiger partial charge in [0.2, 0.25) is 0 Å². The monoisotopic (exact) mass is 231 g/mol. The van der Waals surface area contributed by atoms with Crippen LogP contribution in [0.4, 0.5) is 0 Å². The van der Waals surface area contributed by atoms with Crippen molar-refractivity contribution in [3.05, 3.63) is 47.0 Å². The van der Waals surface area contributed by atoms with Crippen LogP contribution in [0.3, 0.4) is 0 Å². The summed E-state index contributed by atoms with van der Waals surface area (Å²) in [5, 5.41) is 7.21. The molecule has 0 aromatic heterocycles. The van der Waals surface area contributed by atoms with Crippen LogP contribution in [0.2, 0.25) is 5.02 Å². The zero-order valence-electron chi connectivity index (χ0n) is 8.60. The molecule has 0 fully saturated rings. The van der Waals surface area contributed by atoms with Crippen LogP contribution < -0.4 is 0 Å². The number of hydrogen-bond donors (Lipinski definition) is 0. The Morgan fingerprint density at radius 3 is 2.75 bits per heavy atom. The molecule has 0 atom stereocenters. The van der Waals surface area contributed by atoms with E-state index in [-0.39, 0.29) is 0 Å². The second-order valence-electron chi connectivity index (χ2n) is 3.69. The summed E-state index contributed by atoms with van der Waals surface area (Å²) in [4.78, 5) is 4.33. The number of aliphatic imine (C=N–C) groups is 1. The Morgan fingerprint density at radius 1 is 1.12 bits per heavy atom. The molecule has 0 N–H and O–H groups in total. The standard InChI is InChI=1S/C12H10ClN3/c13-10-3-1-9(2-4-10)11-5-6-12-14-7-8-16(12)15-11/h1-6H,7-8H2. The van der Waals surface area contributed by atoms with Crippen LogP contribution in [0.1, 0.15) is 5.56 Å². The van der Waals surface area contributed by atoms with Crippen molar-refractivity contribution >= 4 is 23.1 Å². The van der Waals surface area contributed by atoms with Crippen molar-refractivity contribution in [3.8, 4) is 0 Å². The summed E-state index contributed by atoms with van der Waals surface area (Å²) in [5.74, 6) is 0.956. The molecule has 80 valence electrons. The second kappa shape index (κ2) is 3.76. The maximum absolute atomic E-state index is 5.85. The van der Waals surface area contributed by atoms with Gasteiger partial charge in [-0.25, -0.2) is 5.01 Å². The number of hydrogen-bond acceptors (Lipinski definition) is 3. The van der Waals surface area contributed by atoms with Crippen molar-refractivity contribution in [1.82, 2.24) is 5.01 Å². The van der Waals surface area contributed by atoms with E-state index in [0.717, 1.165) is 35.2 Å². The molecule has 1 aromatic rings. The average Bonchev–Trinajstić information content (AvgIpc) is 2.77. The number of fused-ring (bicyclic) bond motifs is 1. The highest BCUT2D eigenvalue weighted by molar-refractivity contribution is 6.30. The molecule has 0 amide bonds. The lowest BCUT2D eigenvalue weighted by atomic mass is 10.1. The first-order chi connectivity index (χ1) is 7.83. The van der Waals surface area contributed by atoms with Crippen LogP contribution in [0.5, 0.6) is 0 Å². The minimum Gasteiger partial charge on any atom is -0.265 e. The first-order valence-electron chi connectivity index (χ1n) is 5.17. The van der Waals surface area contributed by atoms with Gasteiger partial charge in [-0.1, -0.05) is 23.7 Å². The number of amidine groups is 1. The van der Waals surface area contributed by atoms with Crippen molar-refractivity contribution in [2.75, 3.05) is 13.1 Å². The van der Waals surface area contributed by atoms with Gasteiger partial charge >= 0.3 is 0 Å². The van der Waals surface area contributed by atoms with E-state index in [1.54, 1.807) is 0 Å². The van der Waals surface area contributed by atoms with Gasteiger partial charge in [-0.3, -0.25) is 4.99 Å². The lowest BCUT2D eigenvalue weighted by molar-refractivity contribution is 0.490. The van der Waals surface area contributed by atoms with E-state index in [1.807, 2.05) is 41.4 Å². The fourth-order valence-corrected chi connectivity index (χ4v) is 1.91. The molecule has 2 heterocycles. The Hall–Kier alpha value is -1.61. The smallest absolute Gasteiger partial charge is 0.144 e. The third-order valence-electron chi connectivity index (χ3n) is 2.61. The van der Waals surface area contributed by atoms with E-state index in [2.05, 4.69) is 10.1 Å². The number of halogens is 1. The largest absolute Gasteiger partial charge is 0.265 e. The first kappa shape index (κ1) is 9.60. The van der Waals surface area contributed by atoms with Crippen LogP contribution in [-0.2, 0) is 0 Å². The molecule has 1 aromatic carbocycles. The third-order valence-corrected chi connectivity index (χ3v) is 2.86. The Bertz CT molecular complexity index is 500. The normalized spacial score (nSPS) is 18.2. The molecular weight excluding hydrogens is 222 g/mol. The van der Waals surface area contributed by atoms with Gasteiger partial charge in [-0.2, -0.15) is 5.10 Å². The SMILES string of the molecule is Clc1ccc(C2=NN3CCN=C3C=C2)cc1. The predicted octanol–water partition coefficient (Wildman–Crippen LogP) is 2.33. The van der Waals surface area contributed by atoms with E-state index in [4.69, 9.17) is 11.6 Å². The number of nitrogens with zero attached hydrogens (tertiary/aromatic N) is 3. The summed E-state index contributed by atoms with van der Waals surface area (Å²) in [6.45, 7) is 1.70. The van der Waals surface area contributed by atoms with Crippen molar-refractivity contribution in [3.63, 3.8) is 0 Å². The highest BCUT2D eigenvalue weighted by atomic mass is 35.5. The summed E-state index contributed by atoms with van der Waals surface area (Å²) in [6, 6.07) is 7.70. The van der Waals surface area contributed by atoms with Crippen molar-refractivity contribution in [1.29, 1.82) is 0 Å². The van der Waals surface area contributed by atoms with Crippen molar-refractivity contribution in [2.24, 2.45) is 10.1 Å². The predicted molar refractivity (Wildman–Crippen MR) is 66.1 cm³/mol. The molecule has 16 heavy (non-hydrogen) atoms. The fourth-order valence-electron chi connectivity index (χ4n) is 1.79. The minimum atomic E-state index is 0.743. The lowest BCUT2D eigenvalue weighted by Gasteiger charge is -2.17. The molecule has 3 rings (SSSR count). The van der Waals surface area contributed by atoms with Crippen LogP contribution >= 0.6 is 11.6 Å². The molecule has 4 heteroatoms. The summed E-state index contributed by atoms with van der Waals surface area (Å²) >= 11 is 5.85. The lowest BCUT2D eigenvalue weighted by Crippen LogP contribution is -2.25. The summed E-state index contributed by atoms with van der Waals surface area (Å²) in [6.07, 6.45) is 3.99.